The average Bonchev–Trinajstić information content (AvgIpc) is 2.58. The largest absolute Gasteiger partial charge is 0.508 e. The summed E-state index contributed by atoms with van der Waals surface area (Å²) >= 11 is 11.8. The van der Waals surface area contributed by atoms with Crippen LogP contribution in [0, 0.1) is 0 Å². The number of rotatable bonds is 7. The summed E-state index contributed by atoms with van der Waals surface area (Å²) < 4.78 is 5.52. The lowest BCUT2D eigenvalue weighted by molar-refractivity contribution is -0.121. The van der Waals surface area contributed by atoms with Crippen molar-refractivity contribution >= 4 is 34.8 Å². The molecule has 0 bridgehead atoms. The van der Waals surface area contributed by atoms with Gasteiger partial charge in [-0.2, -0.15) is 5.10 Å². The molecule has 0 radical (unpaired) electrons. The molecular weight excluding hydrogens is 363 g/mol. The third kappa shape index (κ3) is 6.29. The number of carbonyl (C=O) groups excluding carboxylic acids is 1. The van der Waals surface area contributed by atoms with Gasteiger partial charge < -0.3 is 9.84 Å². The number of nitrogens with one attached hydrogen (secondary N) is 1. The van der Waals surface area contributed by atoms with Crippen LogP contribution in [0.3, 0.4) is 0 Å². The van der Waals surface area contributed by atoms with Crippen LogP contribution in [0.4, 0.5) is 0 Å². The number of hydrogen-bond donors (Lipinski definition) is 2. The highest BCUT2D eigenvalue weighted by Crippen LogP contribution is 2.27. The molecule has 25 heavy (non-hydrogen) atoms. The van der Waals surface area contributed by atoms with Crippen molar-refractivity contribution in [2.45, 2.75) is 19.8 Å². The van der Waals surface area contributed by atoms with Crippen LogP contribution in [-0.4, -0.2) is 23.3 Å². The fraction of sp³-hybridized carbons (Fsp3) is 0.222. The molecule has 0 atom stereocenters. The number of amides is 1. The minimum atomic E-state index is -0.217. The van der Waals surface area contributed by atoms with Crippen molar-refractivity contribution in [2.24, 2.45) is 5.10 Å². The van der Waals surface area contributed by atoms with E-state index in [2.05, 4.69) is 10.5 Å². The van der Waals surface area contributed by atoms with Crippen LogP contribution < -0.4 is 10.2 Å². The van der Waals surface area contributed by atoms with E-state index >= 15 is 0 Å². The lowest BCUT2D eigenvalue weighted by Gasteiger charge is -2.08. The van der Waals surface area contributed by atoms with Crippen molar-refractivity contribution < 1.29 is 14.6 Å². The molecule has 132 valence electrons. The van der Waals surface area contributed by atoms with Gasteiger partial charge >= 0.3 is 0 Å². The van der Waals surface area contributed by atoms with Crippen molar-refractivity contribution in [1.29, 1.82) is 0 Å². The second-order valence-corrected chi connectivity index (χ2v) is 6.15. The summed E-state index contributed by atoms with van der Waals surface area (Å²) in [5.41, 5.74) is 3.83. The summed E-state index contributed by atoms with van der Waals surface area (Å²) in [5, 5.41) is 14.4. The number of halogens is 2. The Hall–Kier alpha value is -2.24. The molecule has 0 fully saturated rings. The van der Waals surface area contributed by atoms with Crippen molar-refractivity contribution in [3.05, 3.63) is 58.1 Å². The SMILES string of the molecule is C/C(=N\NC(=O)CCCOc1ccc(Cl)cc1Cl)c1cccc(O)c1. The molecule has 7 heteroatoms. The number of hydrazone groups is 1. The van der Waals surface area contributed by atoms with E-state index in [1.165, 1.54) is 0 Å². The minimum Gasteiger partial charge on any atom is -0.508 e. The number of benzene rings is 2. The van der Waals surface area contributed by atoms with Gasteiger partial charge in [-0.3, -0.25) is 4.79 Å². The minimum absolute atomic E-state index is 0.149. The smallest absolute Gasteiger partial charge is 0.240 e. The van der Waals surface area contributed by atoms with Crippen LogP contribution in [0.5, 0.6) is 11.5 Å². The van der Waals surface area contributed by atoms with Gasteiger partial charge in [-0.1, -0.05) is 35.3 Å². The van der Waals surface area contributed by atoms with Crippen LogP contribution >= 0.6 is 23.2 Å². The monoisotopic (exact) mass is 380 g/mol. The highest BCUT2D eigenvalue weighted by molar-refractivity contribution is 6.35. The highest BCUT2D eigenvalue weighted by atomic mass is 35.5. The summed E-state index contributed by atoms with van der Waals surface area (Å²) in [6.45, 7) is 2.10. The maximum absolute atomic E-state index is 11.8. The summed E-state index contributed by atoms with van der Waals surface area (Å²) in [5.74, 6) is 0.464. The zero-order valence-corrected chi connectivity index (χ0v) is 15.1. The molecule has 0 aliphatic carbocycles. The number of hydrogen-bond acceptors (Lipinski definition) is 4. The maximum Gasteiger partial charge on any atom is 0.240 e. The van der Waals surface area contributed by atoms with Crippen molar-refractivity contribution in [2.75, 3.05) is 6.61 Å². The number of phenolic OH excluding ortho intramolecular Hbond substituents is 1. The second kappa shape index (κ2) is 9.30. The molecule has 1 amide bonds. The second-order valence-electron chi connectivity index (χ2n) is 5.31. The standard InChI is InChI=1S/C18H18Cl2N2O3/c1-12(13-4-2-5-15(23)10-13)21-22-18(24)6-3-9-25-17-8-7-14(19)11-16(17)20/h2,4-5,7-8,10-11,23H,3,6,9H2,1H3,(H,22,24)/b21-12+. The molecule has 2 rings (SSSR count). The van der Waals surface area contributed by atoms with E-state index in [1.54, 1.807) is 49.4 Å². The Bertz CT molecular complexity index is 779. The molecule has 2 N–H and O–H groups in total. The van der Waals surface area contributed by atoms with E-state index in [-0.39, 0.29) is 18.1 Å². The third-order valence-electron chi connectivity index (χ3n) is 3.31. The van der Waals surface area contributed by atoms with Crippen LogP contribution in [0.2, 0.25) is 10.0 Å². The van der Waals surface area contributed by atoms with Crippen molar-refractivity contribution in [1.82, 2.24) is 5.43 Å². The summed E-state index contributed by atoms with van der Waals surface area (Å²) in [6.07, 6.45) is 0.785. The van der Waals surface area contributed by atoms with Gasteiger partial charge in [-0.15, -0.1) is 0 Å². The normalized spacial score (nSPS) is 11.2. The van der Waals surface area contributed by atoms with Crippen LogP contribution in [0.25, 0.3) is 0 Å². The van der Waals surface area contributed by atoms with E-state index in [9.17, 15) is 9.90 Å². The molecule has 2 aromatic carbocycles. The van der Waals surface area contributed by atoms with Crippen molar-refractivity contribution in [3.63, 3.8) is 0 Å². The predicted molar refractivity (Wildman–Crippen MR) is 99.7 cm³/mol. The van der Waals surface area contributed by atoms with E-state index in [0.717, 1.165) is 5.56 Å². The van der Waals surface area contributed by atoms with Gasteiger partial charge in [0.05, 0.1) is 17.3 Å². The third-order valence-corrected chi connectivity index (χ3v) is 3.84. The molecule has 0 aliphatic rings. The van der Waals surface area contributed by atoms with Gasteiger partial charge in [0.25, 0.3) is 0 Å². The average molecular weight is 381 g/mol. The fourth-order valence-corrected chi connectivity index (χ4v) is 2.47. The lowest BCUT2D eigenvalue weighted by atomic mass is 10.1. The van der Waals surface area contributed by atoms with Gasteiger partial charge in [0.15, 0.2) is 0 Å². The Morgan fingerprint density at radius 2 is 2.04 bits per heavy atom. The highest BCUT2D eigenvalue weighted by Gasteiger charge is 2.05. The maximum atomic E-state index is 11.8. The van der Waals surface area contributed by atoms with E-state index < -0.39 is 0 Å². The first-order valence-electron chi connectivity index (χ1n) is 7.66. The van der Waals surface area contributed by atoms with Gasteiger partial charge in [0, 0.05) is 17.0 Å². The van der Waals surface area contributed by atoms with Crippen LogP contribution in [0.15, 0.2) is 47.6 Å². The fourth-order valence-electron chi connectivity index (χ4n) is 2.00. The predicted octanol–water partition coefficient (Wildman–Crippen LogP) is 4.40. The number of nitrogens with zero attached hydrogens (tertiary/aromatic N) is 1. The summed E-state index contributed by atoms with van der Waals surface area (Å²) in [4.78, 5) is 11.8. The van der Waals surface area contributed by atoms with Crippen LogP contribution in [0.1, 0.15) is 25.3 Å². The van der Waals surface area contributed by atoms with Gasteiger partial charge in [0.1, 0.15) is 11.5 Å². The molecule has 0 aliphatic heterocycles. The molecule has 5 nitrogen and oxygen atoms in total. The zero-order chi connectivity index (χ0) is 18.2. The quantitative estimate of drug-likeness (QED) is 0.424. The lowest BCUT2D eigenvalue weighted by Crippen LogP contribution is -2.19. The molecule has 2 aromatic rings. The number of aromatic hydroxyl groups is 1. The van der Waals surface area contributed by atoms with E-state index in [4.69, 9.17) is 27.9 Å². The number of phenols is 1. The Morgan fingerprint density at radius 1 is 1.24 bits per heavy atom. The van der Waals surface area contributed by atoms with Crippen molar-refractivity contribution in [3.8, 4) is 11.5 Å². The summed E-state index contributed by atoms with van der Waals surface area (Å²) in [7, 11) is 0. The molecule has 0 saturated heterocycles. The Labute approximate surface area is 156 Å². The Balaban J connectivity index is 1.74. The summed E-state index contributed by atoms with van der Waals surface area (Å²) in [6, 6.07) is 11.6. The Morgan fingerprint density at radius 3 is 2.76 bits per heavy atom. The molecular formula is C18H18Cl2N2O3. The van der Waals surface area contributed by atoms with Gasteiger partial charge in [-0.25, -0.2) is 5.43 Å². The first kappa shape index (κ1) is 19.1. The van der Waals surface area contributed by atoms with Gasteiger partial charge in [0.2, 0.25) is 5.91 Å². The molecule has 0 heterocycles. The number of ether oxygens (including phenoxy) is 1. The Kier molecular flexibility index (Phi) is 7.10. The molecule has 0 spiro atoms. The number of carbonyl (C=O) groups is 1. The van der Waals surface area contributed by atoms with E-state index in [0.29, 0.717) is 34.5 Å². The zero-order valence-electron chi connectivity index (χ0n) is 13.6. The molecule has 0 unspecified atom stereocenters. The first-order valence-corrected chi connectivity index (χ1v) is 8.41. The molecule has 0 saturated carbocycles. The first-order chi connectivity index (χ1) is 12.0. The van der Waals surface area contributed by atoms with Gasteiger partial charge in [-0.05, 0) is 43.7 Å². The topological polar surface area (TPSA) is 70.9 Å². The van der Waals surface area contributed by atoms with Crippen LogP contribution in [-0.2, 0) is 4.79 Å². The molecule has 0 aromatic heterocycles. The van der Waals surface area contributed by atoms with E-state index in [1.807, 2.05) is 0 Å².